The van der Waals surface area contributed by atoms with Crippen LogP contribution in [0.4, 0.5) is 5.69 Å². The molecule has 1 aliphatic rings. The van der Waals surface area contributed by atoms with E-state index in [1.54, 1.807) is 30.6 Å². The second kappa shape index (κ2) is 8.24. The molecule has 0 bridgehead atoms. The maximum Gasteiger partial charge on any atom is 0.258 e. The zero-order chi connectivity index (χ0) is 19.3. The fraction of sp³-hybridized carbons (Fsp3) is 0.182. The van der Waals surface area contributed by atoms with E-state index >= 15 is 0 Å². The molecule has 0 saturated heterocycles. The van der Waals surface area contributed by atoms with E-state index in [4.69, 9.17) is 5.26 Å². The molecule has 6 heteroatoms. The number of amides is 1. The Hall–Kier alpha value is -3.17. The largest absolute Gasteiger partial charge is 0.322 e. The fourth-order valence-corrected chi connectivity index (χ4v) is 4.24. The molecule has 3 aromatic rings. The summed E-state index contributed by atoms with van der Waals surface area (Å²) < 4.78 is 0. The van der Waals surface area contributed by atoms with Crippen molar-refractivity contribution in [2.24, 2.45) is 0 Å². The number of nitrogens with one attached hydrogen (secondary N) is 1. The number of thioether (sulfide) groups is 1. The van der Waals surface area contributed by atoms with E-state index in [9.17, 15) is 4.79 Å². The van der Waals surface area contributed by atoms with Crippen molar-refractivity contribution in [3.63, 3.8) is 0 Å². The first kappa shape index (κ1) is 18.2. The summed E-state index contributed by atoms with van der Waals surface area (Å²) >= 11 is 1.47. The van der Waals surface area contributed by atoms with Crippen LogP contribution in [0.2, 0.25) is 0 Å². The Kier molecular flexibility index (Phi) is 5.36. The lowest BCUT2D eigenvalue weighted by atomic mass is 10.1. The van der Waals surface area contributed by atoms with Gasteiger partial charge in [0.05, 0.1) is 5.56 Å². The molecule has 2 aromatic heterocycles. The molecule has 0 atom stereocenters. The minimum atomic E-state index is -0.166. The number of anilines is 1. The average Bonchev–Trinajstić information content (AvgIpc) is 3.20. The SMILES string of the molecule is N#Cc1cc(CSc2ncccc2C(=O)Nc2ccc3c(c2)CCC3)ccn1. The molecule has 4 rings (SSSR count). The van der Waals surface area contributed by atoms with Crippen LogP contribution in [0.1, 0.15) is 39.2 Å². The lowest BCUT2D eigenvalue weighted by Crippen LogP contribution is -2.13. The molecular formula is C22H18N4OS. The first-order chi connectivity index (χ1) is 13.7. The van der Waals surface area contributed by atoms with Crippen LogP contribution in [-0.2, 0) is 18.6 Å². The summed E-state index contributed by atoms with van der Waals surface area (Å²) in [6.07, 6.45) is 6.67. The third kappa shape index (κ3) is 4.05. The van der Waals surface area contributed by atoms with Gasteiger partial charge in [0, 0.05) is 23.8 Å². The number of carbonyl (C=O) groups excluding carboxylic acids is 1. The van der Waals surface area contributed by atoms with E-state index in [2.05, 4.69) is 27.4 Å². The van der Waals surface area contributed by atoms with E-state index in [1.165, 1.54) is 29.3 Å². The molecule has 0 fully saturated rings. The van der Waals surface area contributed by atoms with Gasteiger partial charge in [-0.2, -0.15) is 5.26 Å². The zero-order valence-electron chi connectivity index (χ0n) is 15.2. The Bertz CT molecular complexity index is 1070. The summed E-state index contributed by atoms with van der Waals surface area (Å²) in [5.41, 5.74) is 5.41. The molecule has 1 amide bonds. The molecule has 0 spiro atoms. The Morgan fingerprint density at radius 3 is 2.89 bits per heavy atom. The van der Waals surface area contributed by atoms with Crippen LogP contribution in [0.25, 0.3) is 0 Å². The van der Waals surface area contributed by atoms with Gasteiger partial charge in [-0.05, 0) is 72.4 Å². The summed E-state index contributed by atoms with van der Waals surface area (Å²) in [5, 5.41) is 12.6. The van der Waals surface area contributed by atoms with Crippen LogP contribution < -0.4 is 5.32 Å². The standard InChI is InChI=1S/C22H18N4OS/c23-13-19-11-15(8-10-24-19)14-28-22-20(5-2-9-25-22)21(27)26-18-7-6-16-3-1-4-17(16)12-18/h2,5-12H,1,3-4,14H2,(H,26,27). The van der Waals surface area contributed by atoms with Crippen molar-refractivity contribution < 1.29 is 4.79 Å². The molecule has 1 aliphatic carbocycles. The minimum Gasteiger partial charge on any atom is -0.322 e. The van der Waals surface area contributed by atoms with E-state index in [0.717, 1.165) is 24.1 Å². The smallest absolute Gasteiger partial charge is 0.258 e. The van der Waals surface area contributed by atoms with Crippen molar-refractivity contribution >= 4 is 23.4 Å². The molecule has 1 N–H and O–H groups in total. The number of hydrogen-bond acceptors (Lipinski definition) is 5. The topological polar surface area (TPSA) is 78.7 Å². The van der Waals surface area contributed by atoms with Crippen molar-refractivity contribution in [2.75, 3.05) is 5.32 Å². The Balaban J connectivity index is 1.49. The highest BCUT2D eigenvalue weighted by Gasteiger charge is 2.15. The summed E-state index contributed by atoms with van der Waals surface area (Å²) in [7, 11) is 0. The summed E-state index contributed by atoms with van der Waals surface area (Å²) in [6.45, 7) is 0. The number of nitrogens with zero attached hydrogens (tertiary/aromatic N) is 3. The molecule has 28 heavy (non-hydrogen) atoms. The van der Waals surface area contributed by atoms with Crippen LogP contribution in [0.3, 0.4) is 0 Å². The number of fused-ring (bicyclic) bond motifs is 1. The molecule has 2 heterocycles. The van der Waals surface area contributed by atoms with Gasteiger partial charge in [0.1, 0.15) is 16.8 Å². The number of aromatic nitrogens is 2. The van der Waals surface area contributed by atoms with E-state index in [0.29, 0.717) is 22.0 Å². The van der Waals surface area contributed by atoms with Gasteiger partial charge in [0.15, 0.2) is 0 Å². The number of hydrogen-bond donors (Lipinski definition) is 1. The van der Waals surface area contributed by atoms with Crippen LogP contribution in [0.15, 0.2) is 59.9 Å². The maximum absolute atomic E-state index is 12.8. The highest BCUT2D eigenvalue weighted by atomic mass is 32.2. The van der Waals surface area contributed by atoms with Gasteiger partial charge in [-0.25, -0.2) is 9.97 Å². The highest BCUT2D eigenvalue weighted by Crippen LogP contribution is 2.27. The number of carbonyl (C=O) groups is 1. The van der Waals surface area contributed by atoms with Gasteiger partial charge in [0.25, 0.3) is 5.91 Å². The quantitative estimate of drug-likeness (QED) is 0.658. The predicted octanol–water partition coefficient (Wildman–Crippen LogP) is 4.38. The number of benzene rings is 1. The lowest BCUT2D eigenvalue weighted by molar-refractivity contribution is 0.102. The van der Waals surface area contributed by atoms with E-state index in [-0.39, 0.29) is 5.91 Å². The Labute approximate surface area is 167 Å². The van der Waals surface area contributed by atoms with Crippen molar-refractivity contribution in [1.82, 2.24) is 9.97 Å². The monoisotopic (exact) mass is 386 g/mol. The molecule has 0 saturated carbocycles. The number of aryl methyl sites for hydroxylation is 2. The highest BCUT2D eigenvalue weighted by molar-refractivity contribution is 7.98. The van der Waals surface area contributed by atoms with Crippen LogP contribution >= 0.6 is 11.8 Å². The lowest BCUT2D eigenvalue weighted by Gasteiger charge is -2.10. The van der Waals surface area contributed by atoms with Gasteiger partial charge in [-0.3, -0.25) is 4.79 Å². The fourth-order valence-electron chi connectivity index (χ4n) is 3.30. The summed E-state index contributed by atoms with van der Waals surface area (Å²) in [5.74, 6) is 0.439. The second-order valence-corrected chi connectivity index (χ2v) is 7.56. The normalized spacial score (nSPS) is 12.2. The molecule has 0 unspecified atom stereocenters. The molecule has 0 radical (unpaired) electrons. The van der Waals surface area contributed by atoms with Gasteiger partial charge in [-0.1, -0.05) is 6.07 Å². The maximum atomic E-state index is 12.8. The van der Waals surface area contributed by atoms with Gasteiger partial charge < -0.3 is 5.32 Å². The van der Waals surface area contributed by atoms with Crippen molar-refractivity contribution in [2.45, 2.75) is 30.0 Å². The molecule has 0 aliphatic heterocycles. The predicted molar refractivity (Wildman–Crippen MR) is 109 cm³/mol. The second-order valence-electron chi connectivity index (χ2n) is 6.60. The van der Waals surface area contributed by atoms with E-state index in [1.807, 2.05) is 18.2 Å². The zero-order valence-corrected chi connectivity index (χ0v) is 16.0. The Morgan fingerprint density at radius 2 is 2.00 bits per heavy atom. The Morgan fingerprint density at radius 1 is 1.11 bits per heavy atom. The van der Waals surface area contributed by atoms with Crippen LogP contribution in [0.5, 0.6) is 0 Å². The third-order valence-electron chi connectivity index (χ3n) is 4.69. The number of pyridine rings is 2. The number of nitriles is 1. The van der Waals surface area contributed by atoms with Gasteiger partial charge in [0.2, 0.25) is 0 Å². The third-order valence-corrected chi connectivity index (χ3v) is 5.76. The van der Waals surface area contributed by atoms with Crippen LogP contribution in [0, 0.1) is 11.3 Å². The summed E-state index contributed by atoms with van der Waals surface area (Å²) in [4.78, 5) is 21.2. The first-order valence-corrected chi connectivity index (χ1v) is 10.1. The molecule has 5 nitrogen and oxygen atoms in total. The average molecular weight is 386 g/mol. The van der Waals surface area contributed by atoms with E-state index < -0.39 is 0 Å². The molecule has 138 valence electrons. The summed E-state index contributed by atoms with van der Waals surface area (Å²) in [6, 6.07) is 15.3. The van der Waals surface area contributed by atoms with Gasteiger partial charge >= 0.3 is 0 Å². The minimum absolute atomic E-state index is 0.166. The first-order valence-electron chi connectivity index (χ1n) is 9.09. The molecule has 1 aromatic carbocycles. The number of rotatable bonds is 5. The molecular weight excluding hydrogens is 368 g/mol. The van der Waals surface area contributed by atoms with Crippen molar-refractivity contribution in [3.05, 3.63) is 82.8 Å². The van der Waals surface area contributed by atoms with Crippen molar-refractivity contribution in [1.29, 1.82) is 5.26 Å². The van der Waals surface area contributed by atoms with Gasteiger partial charge in [-0.15, -0.1) is 11.8 Å². The van der Waals surface area contributed by atoms with Crippen LogP contribution in [-0.4, -0.2) is 15.9 Å². The van der Waals surface area contributed by atoms with Crippen molar-refractivity contribution in [3.8, 4) is 6.07 Å².